The number of rotatable bonds is 0. The SMILES string of the molecule is CC(C)(C)/[N+]([O-])=C/C#N. The van der Waals surface area contributed by atoms with E-state index >= 15 is 0 Å². The third kappa shape index (κ3) is 2.70. The lowest BCUT2D eigenvalue weighted by molar-refractivity contribution is -0.530. The summed E-state index contributed by atoms with van der Waals surface area (Å²) in [5.74, 6) is 0. The molecule has 0 atom stereocenters. The van der Waals surface area contributed by atoms with Gasteiger partial charge in [-0.25, -0.2) is 0 Å². The Bertz CT molecular complexity index is 159. The monoisotopic (exact) mass is 126 g/mol. The Morgan fingerprint density at radius 3 is 2.11 bits per heavy atom. The van der Waals surface area contributed by atoms with Crippen molar-refractivity contribution < 1.29 is 4.74 Å². The van der Waals surface area contributed by atoms with Gasteiger partial charge in [0, 0.05) is 20.8 Å². The lowest BCUT2D eigenvalue weighted by Crippen LogP contribution is -2.28. The molecule has 3 nitrogen and oxygen atoms in total. The molecule has 0 amide bonds. The largest absolute Gasteiger partial charge is 0.623 e. The van der Waals surface area contributed by atoms with Crippen LogP contribution in [0.2, 0.25) is 0 Å². The van der Waals surface area contributed by atoms with E-state index in [4.69, 9.17) is 5.26 Å². The predicted molar refractivity (Wildman–Crippen MR) is 35.1 cm³/mol. The summed E-state index contributed by atoms with van der Waals surface area (Å²) < 4.78 is 0.632. The van der Waals surface area contributed by atoms with Gasteiger partial charge in [0.2, 0.25) is 0 Å². The molecule has 0 aliphatic rings. The second kappa shape index (κ2) is 2.49. The molecule has 0 aromatic rings. The second-order valence-electron chi connectivity index (χ2n) is 2.75. The fourth-order valence-electron chi connectivity index (χ4n) is 0.246. The van der Waals surface area contributed by atoms with Gasteiger partial charge in [-0.3, -0.25) is 0 Å². The Labute approximate surface area is 54.8 Å². The molecule has 0 unspecified atom stereocenters. The van der Waals surface area contributed by atoms with Gasteiger partial charge in [0.1, 0.15) is 0 Å². The first-order valence-corrected chi connectivity index (χ1v) is 2.68. The first kappa shape index (κ1) is 7.96. The highest BCUT2D eigenvalue weighted by Crippen LogP contribution is 2.03. The van der Waals surface area contributed by atoms with Gasteiger partial charge in [0.25, 0.3) is 6.21 Å². The summed E-state index contributed by atoms with van der Waals surface area (Å²) >= 11 is 0. The van der Waals surface area contributed by atoms with Crippen molar-refractivity contribution in [1.82, 2.24) is 0 Å². The summed E-state index contributed by atoms with van der Waals surface area (Å²) in [6.07, 6.45) is 0.958. The Hall–Kier alpha value is -1.04. The van der Waals surface area contributed by atoms with Crippen LogP contribution in [-0.2, 0) is 0 Å². The van der Waals surface area contributed by atoms with Gasteiger partial charge < -0.3 is 5.21 Å². The van der Waals surface area contributed by atoms with Gasteiger partial charge in [-0.2, -0.15) is 10.0 Å². The first-order chi connectivity index (χ1) is 3.98. The highest BCUT2D eigenvalue weighted by Gasteiger charge is 2.17. The predicted octanol–water partition coefficient (Wildman–Crippen LogP) is 0.890. The summed E-state index contributed by atoms with van der Waals surface area (Å²) in [6.45, 7) is 5.23. The summed E-state index contributed by atoms with van der Waals surface area (Å²) in [5, 5.41) is 18.8. The quantitative estimate of drug-likeness (QED) is 0.209. The van der Waals surface area contributed by atoms with Crippen molar-refractivity contribution >= 4 is 6.21 Å². The van der Waals surface area contributed by atoms with Crippen molar-refractivity contribution in [2.75, 3.05) is 0 Å². The van der Waals surface area contributed by atoms with Crippen LogP contribution in [0.15, 0.2) is 0 Å². The smallest absolute Gasteiger partial charge is 0.253 e. The number of nitrogens with zero attached hydrogens (tertiary/aromatic N) is 2. The summed E-state index contributed by atoms with van der Waals surface area (Å²) in [5.41, 5.74) is -0.490. The molecule has 0 rings (SSSR count). The van der Waals surface area contributed by atoms with E-state index in [0.29, 0.717) is 4.74 Å². The molecule has 0 heterocycles. The topological polar surface area (TPSA) is 49.9 Å². The van der Waals surface area contributed by atoms with Gasteiger partial charge in [0.05, 0.1) is 0 Å². The van der Waals surface area contributed by atoms with Crippen LogP contribution in [0.3, 0.4) is 0 Å². The third-order valence-electron chi connectivity index (χ3n) is 0.836. The molecular formula is C6H10N2O. The van der Waals surface area contributed by atoms with E-state index in [9.17, 15) is 5.21 Å². The molecule has 0 aromatic heterocycles. The van der Waals surface area contributed by atoms with Crippen LogP contribution in [0.25, 0.3) is 0 Å². The van der Waals surface area contributed by atoms with Crippen LogP contribution in [0.4, 0.5) is 0 Å². The van der Waals surface area contributed by atoms with Crippen molar-refractivity contribution in [3.63, 3.8) is 0 Å². The maximum absolute atomic E-state index is 10.7. The summed E-state index contributed by atoms with van der Waals surface area (Å²) in [4.78, 5) is 0. The van der Waals surface area contributed by atoms with Crippen LogP contribution < -0.4 is 0 Å². The van der Waals surface area contributed by atoms with Gasteiger partial charge in [-0.15, -0.1) is 0 Å². The number of nitriles is 1. The molecule has 0 N–H and O–H groups in total. The molecule has 50 valence electrons. The maximum Gasteiger partial charge on any atom is 0.253 e. The minimum Gasteiger partial charge on any atom is -0.623 e. The Balaban J connectivity index is 4.25. The van der Waals surface area contributed by atoms with Crippen molar-refractivity contribution in [2.24, 2.45) is 0 Å². The second-order valence-corrected chi connectivity index (χ2v) is 2.75. The molecule has 0 saturated carbocycles. The molecule has 0 spiro atoms. The highest BCUT2D eigenvalue weighted by atomic mass is 16.5. The minimum absolute atomic E-state index is 0.490. The fraction of sp³-hybridized carbons (Fsp3) is 0.667. The molecule has 0 fully saturated rings. The van der Waals surface area contributed by atoms with E-state index in [0.717, 1.165) is 6.21 Å². The van der Waals surface area contributed by atoms with Crippen molar-refractivity contribution in [1.29, 1.82) is 5.26 Å². The first-order valence-electron chi connectivity index (χ1n) is 2.68. The van der Waals surface area contributed by atoms with Crippen molar-refractivity contribution in [3.05, 3.63) is 5.21 Å². The highest BCUT2D eigenvalue weighted by molar-refractivity contribution is 5.70. The molecule has 0 aliphatic heterocycles. The van der Waals surface area contributed by atoms with E-state index in [-0.39, 0.29) is 0 Å². The fourth-order valence-corrected chi connectivity index (χ4v) is 0.246. The molecule has 0 bridgehead atoms. The maximum atomic E-state index is 10.7. The molecular weight excluding hydrogens is 116 g/mol. The molecule has 0 aromatic carbocycles. The van der Waals surface area contributed by atoms with Crippen LogP contribution in [-0.4, -0.2) is 16.5 Å². The molecule has 9 heavy (non-hydrogen) atoms. The average Bonchev–Trinajstić information content (AvgIpc) is 1.64. The average molecular weight is 126 g/mol. The van der Waals surface area contributed by atoms with E-state index in [1.807, 2.05) is 0 Å². The summed E-state index contributed by atoms with van der Waals surface area (Å²) in [6, 6.07) is 1.66. The van der Waals surface area contributed by atoms with Crippen LogP contribution in [0, 0.1) is 16.5 Å². The lowest BCUT2D eigenvalue weighted by Gasteiger charge is -2.16. The van der Waals surface area contributed by atoms with E-state index in [1.165, 1.54) is 0 Å². The number of hydrogen-bond donors (Lipinski definition) is 0. The number of hydrogen-bond acceptors (Lipinski definition) is 2. The molecule has 0 aliphatic carbocycles. The van der Waals surface area contributed by atoms with E-state index in [2.05, 4.69) is 0 Å². The van der Waals surface area contributed by atoms with Gasteiger partial charge >= 0.3 is 0 Å². The summed E-state index contributed by atoms with van der Waals surface area (Å²) in [7, 11) is 0. The third-order valence-corrected chi connectivity index (χ3v) is 0.836. The Morgan fingerprint density at radius 2 is 2.00 bits per heavy atom. The Kier molecular flexibility index (Phi) is 2.20. The van der Waals surface area contributed by atoms with Crippen molar-refractivity contribution in [2.45, 2.75) is 26.3 Å². The number of hydroxylamine groups is 1. The molecule has 3 heteroatoms. The normalized spacial score (nSPS) is 12.9. The molecule has 0 radical (unpaired) electrons. The Morgan fingerprint density at radius 1 is 1.56 bits per heavy atom. The van der Waals surface area contributed by atoms with Gasteiger partial charge in [-0.1, -0.05) is 0 Å². The standard InChI is InChI=1S/C6H10N2O/c1-6(2,3)8(9)5-4-7/h5H,1-3H3/b8-5-. The van der Waals surface area contributed by atoms with Crippen LogP contribution >= 0.6 is 0 Å². The zero-order valence-corrected chi connectivity index (χ0v) is 5.88. The zero-order chi connectivity index (χ0) is 7.49. The van der Waals surface area contributed by atoms with Crippen molar-refractivity contribution in [3.8, 4) is 6.07 Å². The van der Waals surface area contributed by atoms with Crippen LogP contribution in [0.5, 0.6) is 0 Å². The van der Waals surface area contributed by atoms with Gasteiger partial charge in [-0.05, 0) is 0 Å². The van der Waals surface area contributed by atoms with Gasteiger partial charge in [0.15, 0.2) is 11.6 Å². The van der Waals surface area contributed by atoms with E-state index in [1.54, 1.807) is 26.8 Å². The molecule has 0 saturated heterocycles. The zero-order valence-electron chi connectivity index (χ0n) is 5.88. The van der Waals surface area contributed by atoms with E-state index < -0.39 is 5.54 Å². The van der Waals surface area contributed by atoms with Crippen LogP contribution in [0.1, 0.15) is 20.8 Å². The lowest BCUT2D eigenvalue weighted by atomic mass is 10.1. The minimum atomic E-state index is -0.490.